The highest BCUT2D eigenvalue weighted by Crippen LogP contribution is 2.19. The molecule has 0 unspecified atom stereocenters. The fraction of sp³-hybridized carbons (Fsp3) is 0.435. The number of nitrogens with one attached hydrogen (secondary N) is 1. The van der Waals surface area contributed by atoms with E-state index in [0.717, 1.165) is 50.8 Å². The molecule has 0 radical (unpaired) electrons. The molecule has 1 fully saturated rings. The van der Waals surface area contributed by atoms with Crippen molar-refractivity contribution in [2.24, 2.45) is 0 Å². The lowest BCUT2D eigenvalue weighted by Gasteiger charge is -2.27. The Morgan fingerprint density at radius 2 is 1.86 bits per heavy atom. The van der Waals surface area contributed by atoms with E-state index in [1.807, 2.05) is 36.4 Å². The van der Waals surface area contributed by atoms with Gasteiger partial charge in [0.25, 0.3) is 5.91 Å². The number of anilines is 2. The van der Waals surface area contributed by atoms with Crippen molar-refractivity contribution in [3.8, 4) is 0 Å². The first-order valence-electron chi connectivity index (χ1n) is 10.1. The van der Waals surface area contributed by atoms with Gasteiger partial charge in [-0.25, -0.2) is 0 Å². The van der Waals surface area contributed by atoms with Gasteiger partial charge in [0.05, 0.1) is 13.2 Å². The molecule has 0 bridgehead atoms. The molecule has 0 saturated carbocycles. The summed E-state index contributed by atoms with van der Waals surface area (Å²) in [6, 6.07) is 16.4. The Labute approximate surface area is 168 Å². The fourth-order valence-electron chi connectivity index (χ4n) is 3.62. The number of ether oxygens (including phenoxy) is 1. The van der Waals surface area contributed by atoms with Crippen molar-refractivity contribution in [2.45, 2.75) is 33.4 Å². The summed E-state index contributed by atoms with van der Waals surface area (Å²) >= 11 is 0. The molecule has 3 rings (SSSR count). The van der Waals surface area contributed by atoms with Crippen LogP contribution in [0.3, 0.4) is 0 Å². The zero-order valence-electron chi connectivity index (χ0n) is 17.1. The van der Waals surface area contributed by atoms with Crippen molar-refractivity contribution in [2.75, 3.05) is 43.1 Å². The van der Waals surface area contributed by atoms with Gasteiger partial charge >= 0.3 is 0 Å². The molecule has 1 saturated heterocycles. The molecule has 28 heavy (non-hydrogen) atoms. The smallest absolute Gasteiger partial charge is 0.255 e. The molecular formula is C23H31N3O2. The largest absolute Gasteiger partial charge is 0.379 e. The topological polar surface area (TPSA) is 44.8 Å². The summed E-state index contributed by atoms with van der Waals surface area (Å²) in [4.78, 5) is 17.3. The average molecular weight is 382 g/mol. The van der Waals surface area contributed by atoms with Crippen LogP contribution in [0.4, 0.5) is 11.4 Å². The van der Waals surface area contributed by atoms with E-state index in [9.17, 15) is 4.79 Å². The number of nitrogens with zero attached hydrogens (tertiary/aromatic N) is 2. The predicted octanol–water partition coefficient (Wildman–Crippen LogP) is 4.01. The van der Waals surface area contributed by atoms with Crippen molar-refractivity contribution in [3.63, 3.8) is 0 Å². The first-order valence-corrected chi connectivity index (χ1v) is 10.1. The normalized spacial score (nSPS) is 14.9. The summed E-state index contributed by atoms with van der Waals surface area (Å²) in [5, 5.41) is 3.03. The van der Waals surface area contributed by atoms with Crippen molar-refractivity contribution in [3.05, 3.63) is 59.7 Å². The van der Waals surface area contributed by atoms with Crippen LogP contribution in [0.1, 0.15) is 36.7 Å². The monoisotopic (exact) mass is 381 g/mol. The minimum absolute atomic E-state index is 0.0809. The van der Waals surface area contributed by atoms with Gasteiger partial charge in [-0.3, -0.25) is 9.69 Å². The van der Waals surface area contributed by atoms with Crippen LogP contribution in [-0.2, 0) is 11.3 Å². The van der Waals surface area contributed by atoms with Crippen LogP contribution in [0, 0.1) is 0 Å². The number of benzene rings is 2. The molecule has 0 spiro atoms. The van der Waals surface area contributed by atoms with E-state index in [1.54, 1.807) is 0 Å². The third-order valence-corrected chi connectivity index (χ3v) is 5.12. The lowest BCUT2D eigenvalue weighted by Crippen LogP contribution is -2.35. The number of carbonyl (C=O) groups is 1. The van der Waals surface area contributed by atoms with Gasteiger partial charge in [-0.2, -0.15) is 0 Å². The Bertz CT molecular complexity index is 768. The third-order valence-electron chi connectivity index (χ3n) is 5.12. The van der Waals surface area contributed by atoms with E-state index in [-0.39, 0.29) is 5.91 Å². The van der Waals surface area contributed by atoms with Gasteiger partial charge in [-0.05, 0) is 62.7 Å². The quantitative estimate of drug-likeness (QED) is 0.787. The lowest BCUT2D eigenvalue weighted by molar-refractivity contribution is 0.0342. The molecule has 0 aromatic heterocycles. The second-order valence-electron chi connectivity index (χ2n) is 7.47. The number of amides is 1. The molecule has 5 nitrogen and oxygen atoms in total. The molecule has 1 N–H and O–H groups in total. The highest BCUT2D eigenvalue weighted by molar-refractivity contribution is 6.04. The predicted molar refractivity (Wildman–Crippen MR) is 115 cm³/mol. The first-order chi connectivity index (χ1) is 13.6. The SMILES string of the molecule is CCN(c1ccc(C(=O)Nc2cccc(CN3CCOCC3)c2)cc1)C(C)C. The Balaban J connectivity index is 1.63. The minimum atomic E-state index is -0.0809. The van der Waals surface area contributed by atoms with Gasteiger partial charge in [-0.1, -0.05) is 12.1 Å². The maximum atomic E-state index is 12.6. The van der Waals surface area contributed by atoms with Gasteiger partial charge < -0.3 is 15.0 Å². The second-order valence-corrected chi connectivity index (χ2v) is 7.47. The Morgan fingerprint density at radius 1 is 1.14 bits per heavy atom. The molecule has 2 aromatic carbocycles. The standard InChI is InChI=1S/C23H31N3O2/c1-4-26(18(2)3)22-10-8-20(9-11-22)23(27)24-21-7-5-6-19(16-21)17-25-12-14-28-15-13-25/h5-11,16,18H,4,12-15,17H2,1-3H3,(H,24,27). The Morgan fingerprint density at radius 3 is 2.50 bits per heavy atom. The second kappa shape index (κ2) is 9.71. The molecule has 5 heteroatoms. The van der Waals surface area contributed by atoms with Crippen LogP contribution in [0.15, 0.2) is 48.5 Å². The van der Waals surface area contributed by atoms with Gasteiger partial charge in [0.2, 0.25) is 0 Å². The summed E-state index contributed by atoms with van der Waals surface area (Å²) < 4.78 is 5.40. The molecule has 0 aliphatic carbocycles. The van der Waals surface area contributed by atoms with Gasteiger partial charge in [0.1, 0.15) is 0 Å². The van der Waals surface area contributed by atoms with E-state index in [1.165, 1.54) is 5.56 Å². The highest BCUT2D eigenvalue weighted by Gasteiger charge is 2.13. The van der Waals surface area contributed by atoms with Crippen LogP contribution in [0.25, 0.3) is 0 Å². The Hall–Kier alpha value is -2.37. The molecule has 1 heterocycles. The van der Waals surface area contributed by atoms with Crippen molar-refractivity contribution >= 4 is 17.3 Å². The lowest BCUT2D eigenvalue weighted by atomic mass is 10.1. The molecule has 1 aliphatic heterocycles. The van der Waals surface area contributed by atoms with Crippen molar-refractivity contribution < 1.29 is 9.53 Å². The fourth-order valence-corrected chi connectivity index (χ4v) is 3.62. The number of hydrogen-bond acceptors (Lipinski definition) is 4. The van der Waals surface area contributed by atoms with Crippen molar-refractivity contribution in [1.82, 2.24) is 4.90 Å². The van der Waals surface area contributed by atoms with Gasteiger partial charge in [0.15, 0.2) is 0 Å². The molecule has 2 aromatic rings. The average Bonchev–Trinajstić information content (AvgIpc) is 2.70. The molecule has 0 atom stereocenters. The van der Waals surface area contributed by atoms with E-state index >= 15 is 0 Å². The van der Waals surface area contributed by atoms with Crippen LogP contribution in [0.5, 0.6) is 0 Å². The summed E-state index contributed by atoms with van der Waals surface area (Å²) in [6.45, 7) is 11.8. The molecule has 150 valence electrons. The Kier molecular flexibility index (Phi) is 7.06. The number of rotatable bonds is 7. The number of morpholine rings is 1. The van der Waals surface area contributed by atoms with Gasteiger partial charge in [0, 0.05) is 49.2 Å². The van der Waals surface area contributed by atoms with Crippen LogP contribution < -0.4 is 10.2 Å². The summed E-state index contributed by atoms with van der Waals surface area (Å²) in [6.07, 6.45) is 0. The van der Waals surface area contributed by atoms with E-state index in [2.05, 4.69) is 48.0 Å². The molecule has 1 amide bonds. The zero-order chi connectivity index (χ0) is 19.9. The maximum Gasteiger partial charge on any atom is 0.255 e. The highest BCUT2D eigenvalue weighted by atomic mass is 16.5. The maximum absolute atomic E-state index is 12.6. The molecule has 1 aliphatic rings. The van der Waals surface area contributed by atoms with E-state index < -0.39 is 0 Å². The number of hydrogen-bond donors (Lipinski definition) is 1. The minimum Gasteiger partial charge on any atom is -0.379 e. The van der Waals surface area contributed by atoms with Gasteiger partial charge in [-0.15, -0.1) is 0 Å². The summed E-state index contributed by atoms with van der Waals surface area (Å²) in [5.74, 6) is -0.0809. The first kappa shape index (κ1) is 20.4. The van der Waals surface area contributed by atoms with E-state index in [0.29, 0.717) is 11.6 Å². The van der Waals surface area contributed by atoms with Crippen LogP contribution in [-0.4, -0.2) is 49.7 Å². The van der Waals surface area contributed by atoms with E-state index in [4.69, 9.17) is 4.74 Å². The summed E-state index contributed by atoms with van der Waals surface area (Å²) in [5.41, 5.74) is 3.84. The van der Waals surface area contributed by atoms with Crippen LogP contribution >= 0.6 is 0 Å². The van der Waals surface area contributed by atoms with Crippen molar-refractivity contribution in [1.29, 1.82) is 0 Å². The zero-order valence-corrected chi connectivity index (χ0v) is 17.1. The third kappa shape index (κ3) is 5.33. The van der Waals surface area contributed by atoms with Crippen LogP contribution in [0.2, 0.25) is 0 Å². The molecular weight excluding hydrogens is 350 g/mol. The summed E-state index contributed by atoms with van der Waals surface area (Å²) in [7, 11) is 0. The number of carbonyl (C=O) groups excluding carboxylic acids is 1.